The zero-order chi connectivity index (χ0) is 19.3. The topological polar surface area (TPSA) is 67.2 Å². The SMILES string of the molecule is CCC(C(=O)N1CCN(c2ccc(-n3ccnc3)nn2)CC1)c1ccccc1. The molecule has 1 fully saturated rings. The Hall–Kier alpha value is -3.22. The van der Waals surface area contributed by atoms with E-state index in [-0.39, 0.29) is 11.8 Å². The molecule has 144 valence electrons. The molecular weight excluding hydrogens is 352 g/mol. The predicted molar refractivity (Wildman–Crippen MR) is 107 cm³/mol. The maximum atomic E-state index is 13.0. The van der Waals surface area contributed by atoms with E-state index in [0.29, 0.717) is 13.1 Å². The number of amides is 1. The van der Waals surface area contributed by atoms with Gasteiger partial charge in [-0.2, -0.15) is 0 Å². The Bertz CT molecular complexity index is 886. The predicted octanol–water partition coefficient (Wildman–Crippen LogP) is 2.50. The summed E-state index contributed by atoms with van der Waals surface area (Å²) in [5, 5.41) is 8.63. The van der Waals surface area contributed by atoms with Crippen LogP contribution in [0, 0.1) is 0 Å². The van der Waals surface area contributed by atoms with Crippen molar-refractivity contribution in [2.24, 2.45) is 0 Å². The third-order valence-corrected chi connectivity index (χ3v) is 5.23. The minimum Gasteiger partial charge on any atom is -0.352 e. The minimum absolute atomic E-state index is 0.0676. The zero-order valence-corrected chi connectivity index (χ0v) is 16.0. The number of hydrogen-bond donors (Lipinski definition) is 0. The second kappa shape index (κ2) is 8.21. The van der Waals surface area contributed by atoms with Crippen LogP contribution >= 0.6 is 0 Å². The number of carbonyl (C=O) groups excluding carboxylic acids is 1. The molecule has 1 aliphatic rings. The highest BCUT2D eigenvalue weighted by atomic mass is 16.2. The molecule has 1 aromatic carbocycles. The number of hydrogen-bond acceptors (Lipinski definition) is 5. The molecule has 0 aliphatic carbocycles. The summed E-state index contributed by atoms with van der Waals surface area (Å²) in [6, 6.07) is 14.0. The quantitative estimate of drug-likeness (QED) is 0.684. The molecule has 3 heterocycles. The van der Waals surface area contributed by atoms with E-state index in [2.05, 4.69) is 27.0 Å². The normalized spacial score (nSPS) is 15.5. The molecular formula is C21H24N6O. The highest BCUT2D eigenvalue weighted by molar-refractivity contribution is 5.84. The first-order valence-electron chi connectivity index (χ1n) is 9.67. The van der Waals surface area contributed by atoms with E-state index < -0.39 is 0 Å². The first-order valence-corrected chi connectivity index (χ1v) is 9.67. The van der Waals surface area contributed by atoms with Gasteiger partial charge >= 0.3 is 0 Å². The van der Waals surface area contributed by atoms with Gasteiger partial charge in [0, 0.05) is 38.6 Å². The van der Waals surface area contributed by atoms with Gasteiger partial charge in [0.05, 0.1) is 5.92 Å². The Labute approximate surface area is 164 Å². The lowest BCUT2D eigenvalue weighted by atomic mass is 9.95. The van der Waals surface area contributed by atoms with E-state index in [1.54, 1.807) is 12.5 Å². The fraction of sp³-hybridized carbons (Fsp3) is 0.333. The van der Waals surface area contributed by atoms with E-state index in [9.17, 15) is 4.79 Å². The van der Waals surface area contributed by atoms with Gasteiger partial charge in [0.25, 0.3) is 0 Å². The van der Waals surface area contributed by atoms with Crippen LogP contribution in [0.5, 0.6) is 0 Å². The van der Waals surface area contributed by atoms with Crippen LogP contribution in [0.15, 0.2) is 61.2 Å². The number of benzene rings is 1. The van der Waals surface area contributed by atoms with Crippen molar-refractivity contribution in [3.63, 3.8) is 0 Å². The molecule has 1 aliphatic heterocycles. The summed E-state index contributed by atoms with van der Waals surface area (Å²) < 4.78 is 1.82. The van der Waals surface area contributed by atoms with E-state index >= 15 is 0 Å². The lowest BCUT2D eigenvalue weighted by Gasteiger charge is -2.36. The van der Waals surface area contributed by atoms with Gasteiger partial charge in [-0.3, -0.25) is 9.36 Å². The Kier molecular flexibility index (Phi) is 5.32. The molecule has 1 unspecified atom stereocenters. The molecule has 7 heteroatoms. The molecule has 2 aromatic heterocycles. The lowest BCUT2D eigenvalue weighted by Crippen LogP contribution is -2.50. The van der Waals surface area contributed by atoms with Crippen molar-refractivity contribution in [1.29, 1.82) is 0 Å². The first kappa shape index (κ1) is 18.2. The molecule has 0 bridgehead atoms. The highest BCUT2D eigenvalue weighted by Gasteiger charge is 2.27. The van der Waals surface area contributed by atoms with Crippen LogP contribution in [0.2, 0.25) is 0 Å². The standard InChI is InChI=1S/C21H24N6O/c1-2-18(17-6-4-3-5-7-17)21(28)26-14-12-25(13-15-26)19-8-9-20(24-23-19)27-11-10-22-16-27/h3-11,16,18H,2,12-15H2,1H3. The largest absolute Gasteiger partial charge is 0.352 e. The second-order valence-corrected chi connectivity index (χ2v) is 6.90. The van der Waals surface area contributed by atoms with E-state index in [0.717, 1.165) is 36.7 Å². The third-order valence-electron chi connectivity index (χ3n) is 5.23. The average molecular weight is 376 g/mol. The maximum Gasteiger partial charge on any atom is 0.230 e. The Balaban J connectivity index is 1.38. The van der Waals surface area contributed by atoms with Crippen LogP contribution < -0.4 is 4.90 Å². The molecule has 0 radical (unpaired) electrons. The summed E-state index contributed by atoms with van der Waals surface area (Å²) >= 11 is 0. The Morgan fingerprint density at radius 3 is 2.32 bits per heavy atom. The van der Waals surface area contributed by atoms with Crippen LogP contribution in [-0.2, 0) is 4.79 Å². The van der Waals surface area contributed by atoms with Gasteiger partial charge in [0.1, 0.15) is 6.33 Å². The molecule has 28 heavy (non-hydrogen) atoms. The smallest absolute Gasteiger partial charge is 0.230 e. The van der Waals surface area contributed by atoms with Gasteiger partial charge in [-0.1, -0.05) is 37.3 Å². The van der Waals surface area contributed by atoms with Crippen molar-refractivity contribution < 1.29 is 4.79 Å². The summed E-state index contributed by atoms with van der Waals surface area (Å²) in [5.41, 5.74) is 1.10. The van der Waals surface area contributed by atoms with Crippen LogP contribution in [-0.4, -0.2) is 56.7 Å². The first-order chi connectivity index (χ1) is 13.8. The molecule has 1 atom stereocenters. The number of rotatable bonds is 5. The van der Waals surface area contributed by atoms with E-state index in [4.69, 9.17) is 0 Å². The third kappa shape index (κ3) is 3.74. The number of piperazine rings is 1. The molecule has 4 rings (SSSR count). The maximum absolute atomic E-state index is 13.0. The molecule has 0 N–H and O–H groups in total. The molecule has 1 saturated heterocycles. The molecule has 0 spiro atoms. The molecule has 3 aromatic rings. The summed E-state index contributed by atoms with van der Waals surface area (Å²) in [6.07, 6.45) is 6.06. The number of carbonyl (C=O) groups is 1. The van der Waals surface area contributed by atoms with Gasteiger partial charge in [0.15, 0.2) is 11.6 Å². The van der Waals surface area contributed by atoms with Gasteiger partial charge in [0.2, 0.25) is 5.91 Å². The fourth-order valence-electron chi connectivity index (χ4n) is 3.63. The molecule has 1 amide bonds. The van der Waals surface area contributed by atoms with E-state index in [1.165, 1.54) is 0 Å². The highest BCUT2D eigenvalue weighted by Crippen LogP contribution is 2.23. The van der Waals surface area contributed by atoms with Crippen molar-refractivity contribution >= 4 is 11.7 Å². The average Bonchev–Trinajstić information content (AvgIpc) is 3.30. The summed E-state index contributed by atoms with van der Waals surface area (Å²) in [5.74, 6) is 1.73. The number of aromatic nitrogens is 4. The number of nitrogens with zero attached hydrogens (tertiary/aromatic N) is 6. The van der Waals surface area contributed by atoms with Crippen LogP contribution in [0.4, 0.5) is 5.82 Å². The van der Waals surface area contributed by atoms with E-state index in [1.807, 2.05) is 58.1 Å². The van der Waals surface area contributed by atoms with Gasteiger partial charge in [-0.05, 0) is 24.1 Å². The monoisotopic (exact) mass is 376 g/mol. The minimum atomic E-state index is -0.0676. The summed E-state index contributed by atoms with van der Waals surface area (Å²) in [4.78, 5) is 21.2. The molecule has 0 saturated carbocycles. The van der Waals surface area contributed by atoms with Crippen molar-refractivity contribution in [2.75, 3.05) is 31.1 Å². The van der Waals surface area contributed by atoms with Crippen LogP contribution in [0.3, 0.4) is 0 Å². The summed E-state index contributed by atoms with van der Waals surface area (Å²) in [6.45, 7) is 5.00. The number of imidazole rings is 1. The van der Waals surface area contributed by atoms with Gasteiger partial charge in [-0.15, -0.1) is 10.2 Å². The van der Waals surface area contributed by atoms with Crippen molar-refractivity contribution in [3.05, 3.63) is 66.7 Å². The van der Waals surface area contributed by atoms with Gasteiger partial charge < -0.3 is 9.80 Å². The molecule has 7 nitrogen and oxygen atoms in total. The van der Waals surface area contributed by atoms with Crippen LogP contribution in [0.25, 0.3) is 5.82 Å². The Morgan fingerprint density at radius 2 is 1.71 bits per heavy atom. The van der Waals surface area contributed by atoms with Crippen molar-refractivity contribution in [1.82, 2.24) is 24.6 Å². The Morgan fingerprint density at radius 1 is 1.00 bits per heavy atom. The zero-order valence-electron chi connectivity index (χ0n) is 16.0. The van der Waals surface area contributed by atoms with Crippen molar-refractivity contribution in [2.45, 2.75) is 19.3 Å². The second-order valence-electron chi connectivity index (χ2n) is 6.90. The summed E-state index contributed by atoms with van der Waals surface area (Å²) in [7, 11) is 0. The lowest BCUT2D eigenvalue weighted by molar-refractivity contribution is -0.133. The fourth-order valence-corrected chi connectivity index (χ4v) is 3.63. The van der Waals surface area contributed by atoms with Crippen LogP contribution in [0.1, 0.15) is 24.8 Å². The van der Waals surface area contributed by atoms with Gasteiger partial charge in [-0.25, -0.2) is 4.98 Å². The van der Waals surface area contributed by atoms with Crippen molar-refractivity contribution in [3.8, 4) is 5.82 Å². The number of anilines is 1.